The van der Waals surface area contributed by atoms with E-state index in [-0.39, 0.29) is 25.1 Å². The first-order valence-corrected chi connectivity index (χ1v) is 6.71. The molecule has 0 saturated carbocycles. The van der Waals surface area contributed by atoms with E-state index >= 15 is 0 Å². The number of likely N-dealkylation sites (tertiary alicyclic amines) is 1. The van der Waals surface area contributed by atoms with Crippen LogP contribution < -0.4 is 10.5 Å². The third kappa shape index (κ3) is 3.32. The van der Waals surface area contributed by atoms with Gasteiger partial charge >= 0.3 is 6.18 Å². The maximum absolute atomic E-state index is 13.9. The molecule has 4 nitrogen and oxygen atoms in total. The number of amides is 1. The van der Waals surface area contributed by atoms with Crippen molar-refractivity contribution in [2.45, 2.75) is 31.1 Å². The molecule has 1 amide bonds. The molecule has 1 fully saturated rings. The molecule has 2 rings (SSSR count). The van der Waals surface area contributed by atoms with Crippen LogP contribution in [0.3, 0.4) is 0 Å². The van der Waals surface area contributed by atoms with E-state index in [9.17, 15) is 22.4 Å². The number of carbonyl (C=O) groups is 1. The Bertz CT molecular complexity index is 562. The van der Waals surface area contributed by atoms with Crippen molar-refractivity contribution in [2.24, 2.45) is 5.73 Å². The summed E-state index contributed by atoms with van der Waals surface area (Å²) >= 11 is 0. The number of benzene rings is 1. The van der Waals surface area contributed by atoms with E-state index in [1.165, 1.54) is 13.2 Å². The molecule has 0 spiro atoms. The van der Waals surface area contributed by atoms with Crippen LogP contribution >= 0.6 is 0 Å². The van der Waals surface area contributed by atoms with E-state index in [2.05, 4.69) is 0 Å². The molecule has 1 aliphatic heterocycles. The second kappa shape index (κ2) is 6.12. The number of methoxy groups -OCH3 is 1. The van der Waals surface area contributed by atoms with Crippen molar-refractivity contribution in [2.75, 3.05) is 13.7 Å². The SMILES string of the molecule is COc1ccc(C(=O)N2C[C@@H](N)CC[C@@H]2C(F)(F)F)c(F)c1. The minimum Gasteiger partial charge on any atom is -0.497 e. The summed E-state index contributed by atoms with van der Waals surface area (Å²) in [7, 11) is 1.32. The van der Waals surface area contributed by atoms with Gasteiger partial charge in [-0.05, 0) is 25.0 Å². The molecule has 0 unspecified atom stereocenters. The van der Waals surface area contributed by atoms with Crippen molar-refractivity contribution in [3.8, 4) is 5.75 Å². The minimum atomic E-state index is -4.57. The van der Waals surface area contributed by atoms with Gasteiger partial charge in [0.25, 0.3) is 5.91 Å². The molecule has 122 valence electrons. The van der Waals surface area contributed by atoms with Gasteiger partial charge in [0.2, 0.25) is 0 Å². The second-order valence-corrected chi connectivity index (χ2v) is 5.20. The molecule has 0 aromatic heterocycles. The van der Waals surface area contributed by atoms with E-state index in [4.69, 9.17) is 10.5 Å². The topological polar surface area (TPSA) is 55.6 Å². The Morgan fingerprint density at radius 2 is 2.05 bits per heavy atom. The van der Waals surface area contributed by atoms with Crippen LogP contribution in [0.1, 0.15) is 23.2 Å². The van der Waals surface area contributed by atoms with E-state index in [0.29, 0.717) is 4.90 Å². The zero-order valence-electron chi connectivity index (χ0n) is 11.9. The fourth-order valence-corrected chi connectivity index (χ4v) is 2.51. The van der Waals surface area contributed by atoms with Crippen LogP contribution in [0.15, 0.2) is 18.2 Å². The van der Waals surface area contributed by atoms with Crippen LogP contribution in [0.4, 0.5) is 17.6 Å². The molecule has 0 radical (unpaired) electrons. The third-order valence-electron chi connectivity index (χ3n) is 3.66. The molecule has 2 N–H and O–H groups in total. The zero-order valence-corrected chi connectivity index (χ0v) is 11.9. The Labute approximate surface area is 124 Å². The first-order valence-electron chi connectivity index (χ1n) is 6.71. The van der Waals surface area contributed by atoms with Crippen molar-refractivity contribution in [1.82, 2.24) is 4.90 Å². The summed E-state index contributed by atoms with van der Waals surface area (Å²) in [5, 5.41) is 0. The lowest BCUT2D eigenvalue weighted by Crippen LogP contribution is -2.56. The zero-order chi connectivity index (χ0) is 16.5. The van der Waals surface area contributed by atoms with Gasteiger partial charge in [0.1, 0.15) is 17.6 Å². The smallest absolute Gasteiger partial charge is 0.408 e. The summed E-state index contributed by atoms with van der Waals surface area (Å²) in [5.41, 5.74) is 5.23. The van der Waals surface area contributed by atoms with E-state index in [1.807, 2.05) is 0 Å². The van der Waals surface area contributed by atoms with Gasteiger partial charge in [-0.2, -0.15) is 13.2 Å². The monoisotopic (exact) mass is 320 g/mol. The average molecular weight is 320 g/mol. The lowest BCUT2D eigenvalue weighted by atomic mass is 9.97. The van der Waals surface area contributed by atoms with Crippen LogP contribution in [0.5, 0.6) is 5.75 Å². The van der Waals surface area contributed by atoms with Gasteiger partial charge in [-0.15, -0.1) is 0 Å². The van der Waals surface area contributed by atoms with Crippen molar-refractivity contribution < 1.29 is 27.1 Å². The number of alkyl halides is 3. The molecule has 1 aromatic carbocycles. The number of hydrogen-bond donors (Lipinski definition) is 1. The third-order valence-corrected chi connectivity index (χ3v) is 3.66. The molecule has 1 saturated heterocycles. The fourth-order valence-electron chi connectivity index (χ4n) is 2.51. The molecule has 0 aliphatic carbocycles. The van der Waals surface area contributed by atoms with Crippen molar-refractivity contribution >= 4 is 5.91 Å². The highest BCUT2D eigenvalue weighted by atomic mass is 19.4. The predicted molar refractivity (Wildman–Crippen MR) is 71.0 cm³/mol. The Morgan fingerprint density at radius 3 is 2.59 bits per heavy atom. The van der Waals surface area contributed by atoms with Crippen LogP contribution in [0.2, 0.25) is 0 Å². The van der Waals surface area contributed by atoms with Crippen molar-refractivity contribution in [3.05, 3.63) is 29.6 Å². The number of piperidine rings is 1. The molecule has 1 aliphatic rings. The van der Waals surface area contributed by atoms with E-state index < -0.39 is 35.5 Å². The Kier molecular flexibility index (Phi) is 4.60. The maximum atomic E-state index is 13.9. The molecule has 2 atom stereocenters. The van der Waals surface area contributed by atoms with Gasteiger partial charge in [-0.1, -0.05) is 0 Å². The first-order chi connectivity index (χ1) is 10.2. The predicted octanol–water partition coefficient (Wildman–Crippen LogP) is 2.33. The summed E-state index contributed by atoms with van der Waals surface area (Å²) in [6.07, 6.45) is -4.69. The maximum Gasteiger partial charge on any atom is 0.408 e. The molecule has 0 bridgehead atoms. The summed E-state index contributed by atoms with van der Waals surface area (Å²) in [6, 6.07) is 0.900. The van der Waals surface area contributed by atoms with Crippen LogP contribution in [-0.2, 0) is 0 Å². The Balaban J connectivity index is 2.32. The molecule has 1 heterocycles. The molecule has 22 heavy (non-hydrogen) atoms. The Hall–Kier alpha value is -1.83. The summed E-state index contributed by atoms with van der Waals surface area (Å²) in [5.74, 6) is -1.76. The first kappa shape index (κ1) is 16.5. The van der Waals surface area contributed by atoms with Crippen LogP contribution in [-0.4, -0.2) is 42.7 Å². The number of ether oxygens (including phenoxy) is 1. The standard InChI is InChI=1S/C14H16F4N2O2/c1-22-9-3-4-10(11(15)6-9)13(21)20-7-8(19)2-5-12(20)14(16,17)18/h3-4,6,8,12H,2,5,7,19H2,1H3/t8-,12+/m0/s1. The molecule has 8 heteroatoms. The highest BCUT2D eigenvalue weighted by Gasteiger charge is 2.48. The number of halogens is 4. The van der Waals surface area contributed by atoms with Crippen molar-refractivity contribution in [1.29, 1.82) is 0 Å². The number of nitrogens with zero attached hydrogens (tertiary/aromatic N) is 1. The normalized spacial score (nSPS) is 22.5. The van der Waals surface area contributed by atoms with Gasteiger partial charge in [-0.25, -0.2) is 4.39 Å². The lowest BCUT2D eigenvalue weighted by Gasteiger charge is -2.39. The highest BCUT2D eigenvalue weighted by molar-refractivity contribution is 5.95. The van der Waals surface area contributed by atoms with E-state index in [0.717, 1.165) is 12.1 Å². The minimum absolute atomic E-state index is 0.166. The Morgan fingerprint density at radius 1 is 1.36 bits per heavy atom. The fraction of sp³-hybridized carbons (Fsp3) is 0.500. The molecular weight excluding hydrogens is 304 g/mol. The molecule has 1 aromatic rings. The molecular formula is C14H16F4N2O2. The number of nitrogens with two attached hydrogens (primary N) is 1. The van der Waals surface area contributed by atoms with Gasteiger partial charge < -0.3 is 15.4 Å². The van der Waals surface area contributed by atoms with Gasteiger partial charge in [0.05, 0.1) is 12.7 Å². The largest absolute Gasteiger partial charge is 0.497 e. The summed E-state index contributed by atoms with van der Waals surface area (Å²) in [4.78, 5) is 12.9. The van der Waals surface area contributed by atoms with Gasteiger partial charge in [0, 0.05) is 18.7 Å². The average Bonchev–Trinajstić information content (AvgIpc) is 2.45. The number of hydrogen-bond acceptors (Lipinski definition) is 3. The number of carbonyl (C=O) groups excluding carboxylic acids is 1. The van der Waals surface area contributed by atoms with Gasteiger partial charge in [0.15, 0.2) is 0 Å². The number of rotatable bonds is 2. The highest BCUT2D eigenvalue weighted by Crippen LogP contribution is 2.33. The van der Waals surface area contributed by atoms with E-state index in [1.54, 1.807) is 0 Å². The summed E-state index contributed by atoms with van der Waals surface area (Å²) in [6.45, 7) is -0.255. The summed E-state index contributed by atoms with van der Waals surface area (Å²) < 4.78 is 57.9. The quantitative estimate of drug-likeness (QED) is 0.851. The van der Waals surface area contributed by atoms with Crippen molar-refractivity contribution in [3.63, 3.8) is 0 Å². The lowest BCUT2D eigenvalue weighted by molar-refractivity contribution is -0.184. The van der Waals surface area contributed by atoms with Crippen LogP contribution in [0, 0.1) is 5.82 Å². The van der Waals surface area contributed by atoms with Crippen LogP contribution in [0.25, 0.3) is 0 Å². The van der Waals surface area contributed by atoms with Gasteiger partial charge in [-0.3, -0.25) is 4.79 Å². The second-order valence-electron chi connectivity index (χ2n) is 5.20.